The highest BCUT2D eigenvalue weighted by Gasteiger charge is 2.38. The van der Waals surface area contributed by atoms with Gasteiger partial charge < -0.3 is 18.0 Å². The quantitative estimate of drug-likeness (QED) is 0.483. The van der Waals surface area contributed by atoms with Crippen LogP contribution in [0.1, 0.15) is 48.0 Å². The van der Waals surface area contributed by atoms with Crippen LogP contribution >= 0.6 is 0 Å². The van der Waals surface area contributed by atoms with E-state index in [1.165, 1.54) is 6.92 Å². The van der Waals surface area contributed by atoms with Crippen LogP contribution in [0.5, 0.6) is 0 Å². The van der Waals surface area contributed by atoms with E-state index in [4.69, 9.17) is 13.3 Å². The van der Waals surface area contributed by atoms with Gasteiger partial charge in [-0.3, -0.25) is 4.79 Å². The number of hydrogen-bond acceptors (Lipinski definition) is 5. The van der Waals surface area contributed by atoms with Gasteiger partial charge in [0.15, 0.2) is 0 Å². The van der Waals surface area contributed by atoms with Crippen LogP contribution in [0.15, 0.2) is 0 Å². The van der Waals surface area contributed by atoms with Crippen LogP contribution < -0.4 is 0 Å². The van der Waals surface area contributed by atoms with Gasteiger partial charge in [-0.1, -0.05) is 13.3 Å². The van der Waals surface area contributed by atoms with E-state index < -0.39 is 8.80 Å². The molecular formula is C13H30O5Si. The van der Waals surface area contributed by atoms with Crippen molar-refractivity contribution in [3.05, 3.63) is 0 Å². The number of carbonyl (C=O) groups is 1. The fourth-order valence-corrected chi connectivity index (χ4v) is 4.13. The highest BCUT2D eigenvalue weighted by molar-refractivity contribution is 6.60. The van der Waals surface area contributed by atoms with Crippen molar-refractivity contribution in [2.75, 3.05) is 26.4 Å². The van der Waals surface area contributed by atoms with Gasteiger partial charge in [0.1, 0.15) is 0 Å². The fourth-order valence-electron chi connectivity index (χ4n) is 1.51. The summed E-state index contributed by atoms with van der Waals surface area (Å²) in [6.45, 7) is 13.7. The molecule has 0 heterocycles. The van der Waals surface area contributed by atoms with Gasteiger partial charge in [0, 0.05) is 32.8 Å². The molecule has 0 aliphatic rings. The largest absolute Gasteiger partial charge is 0.500 e. The van der Waals surface area contributed by atoms with Crippen molar-refractivity contribution in [1.29, 1.82) is 0 Å². The van der Waals surface area contributed by atoms with Crippen molar-refractivity contribution in [3.8, 4) is 0 Å². The highest BCUT2D eigenvalue weighted by Crippen LogP contribution is 2.17. The number of carbonyl (C=O) groups excluding carboxylic acids is 1. The summed E-state index contributed by atoms with van der Waals surface area (Å²) in [6.07, 6.45) is 1.05. The van der Waals surface area contributed by atoms with Gasteiger partial charge in [-0.15, -0.1) is 0 Å². The lowest BCUT2D eigenvalue weighted by atomic mass is 10.6. The van der Waals surface area contributed by atoms with Crippen molar-refractivity contribution in [2.24, 2.45) is 0 Å². The SMILES string of the molecule is CCC[Si](OCC)(OCC)OCC.CCOC(C)=O. The van der Waals surface area contributed by atoms with E-state index in [-0.39, 0.29) is 5.97 Å². The second-order valence-corrected chi connectivity index (χ2v) is 6.39. The van der Waals surface area contributed by atoms with Crippen molar-refractivity contribution in [3.63, 3.8) is 0 Å². The molecule has 0 unspecified atom stereocenters. The predicted molar refractivity (Wildman–Crippen MR) is 78.0 cm³/mol. The maximum Gasteiger partial charge on any atom is 0.500 e. The summed E-state index contributed by atoms with van der Waals surface area (Å²) < 4.78 is 21.3. The number of ether oxygens (including phenoxy) is 1. The van der Waals surface area contributed by atoms with E-state index in [9.17, 15) is 4.79 Å². The van der Waals surface area contributed by atoms with E-state index in [0.29, 0.717) is 26.4 Å². The van der Waals surface area contributed by atoms with Gasteiger partial charge in [-0.05, 0) is 27.7 Å². The van der Waals surface area contributed by atoms with Crippen LogP contribution in [0, 0.1) is 0 Å². The Labute approximate surface area is 118 Å². The van der Waals surface area contributed by atoms with Crippen molar-refractivity contribution in [2.45, 2.75) is 54.0 Å². The Morgan fingerprint density at radius 3 is 1.42 bits per heavy atom. The van der Waals surface area contributed by atoms with E-state index in [1.807, 2.05) is 20.8 Å². The Kier molecular flexibility index (Phi) is 15.4. The first kappa shape index (κ1) is 20.9. The molecule has 0 N–H and O–H groups in total. The molecule has 0 bridgehead atoms. The van der Waals surface area contributed by atoms with E-state index in [1.54, 1.807) is 6.92 Å². The zero-order valence-corrected chi connectivity index (χ0v) is 14.3. The minimum atomic E-state index is -2.30. The molecule has 0 amide bonds. The molecule has 19 heavy (non-hydrogen) atoms. The number of esters is 1. The Bertz CT molecular complexity index is 182. The van der Waals surface area contributed by atoms with E-state index >= 15 is 0 Å². The van der Waals surface area contributed by atoms with Gasteiger partial charge in [-0.25, -0.2) is 0 Å². The van der Waals surface area contributed by atoms with Gasteiger partial charge in [0.2, 0.25) is 0 Å². The molecule has 0 aliphatic heterocycles. The lowest BCUT2D eigenvalue weighted by molar-refractivity contribution is -0.140. The lowest BCUT2D eigenvalue weighted by Gasteiger charge is -2.27. The Balaban J connectivity index is 0. The lowest BCUT2D eigenvalue weighted by Crippen LogP contribution is -2.45. The fraction of sp³-hybridized carbons (Fsp3) is 0.923. The van der Waals surface area contributed by atoms with E-state index in [0.717, 1.165) is 12.5 Å². The summed E-state index contributed by atoms with van der Waals surface area (Å²) >= 11 is 0. The third-order valence-corrected chi connectivity index (χ3v) is 5.29. The Morgan fingerprint density at radius 2 is 1.26 bits per heavy atom. The zero-order chi connectivity index (χ0) is 15.1. The molecule has 0 aromatic rings. The summed E-state index contributed by atoms with van der Waals surface area (Å²) in [7, 11) is -2.30. The molecule has 0 atom stereocenters. The van der Waals surface area contributed by atoms with Crippen molar-refractivity contribution < 1.29 is 22.8 Å². The van der Waals surface area contributed by atoms with Crippen LogP contribution in [-0.2, 0) is 22.8 Å². The van der Waals surface area contributed by atoms with E-state index in [2.05, 4.69) is 11.7 Å². The Morgan fingerprint density at radius 1 is 0.842 bits per heavy atom. The van der Waals surface area contributed by atoms with Gasteiger partial charge in [0.25, 0.3) is 0 Å². The van der Waals surface area contributed by atoms with Gasteiger partial charge in [0.05, 0.1) is 6.61 Å². The third-order valence-electron chi connectivity index (χ3n) is 2.00. The van der Waals surface area contributed by atoms with Crippen LogP contribution in [-0.4, -0.2) is 41.2 Å². The summed E-state index contributed by atoms with van der Waals surface area (Å²) in [6, 6.07) is 0.919. The standard InChI is InChI=1S/C9H22O3Si.C4H8O2/c1-5-9-13(10-6-2,11-7-3)12-8-4;1-3-6-4(2)5/h5-9H2,1-4H3;3H2,1-2H3. The number of hydrogen-bond donors (Lipinski definition) is 0. The molecule has 116 valence electrons. The Hall–Kier alpha value is -0.433. The maximum atomic E-state index is 9.82. The van der Waals surface area contributed by atoms with Gasteiger partial charge in [-0.2, -0.15) is 0 Å². The monoisotopic (exact) mass is 294 g/mol. The average molecular weight is 294 g/mol. The molecule has 0 radical (unpaired) electrons. The molecular weight excluding hydrogens is 264 g/mol. The highest BCUT2D eigenvalue weighted by atomic mass is 28.4. The predicted octanol–water partition coefficient (Wildman–Crippen LogP) is 3.01. The zero-order valence-electron chi connectivity index (χ0n) is 13.3. The van der Waals surface area contributed by atoms with Crippen LogP contribution in [0.4, 0.5) is 0 Å². The second-order valence-electron chi connectivity index (χ2n) is 3.66. The molecule has 0 aromatic heterocycles. The van der Waals surface area contributed by atoms with Crippen LogP contribution in [0.2, 0.25) is 6.04 Å². The van der Waals surface area contributed by atoms with Crippen molar-refractivity contribution in [1.82, 2.24) is 0 Å². The number of rotatable bonds is 9. The molecule has 0 aliphatic carbocycles. The first-order valence-corrected chi connectivity index (χ1v) is 9.00. The first-order chi connectivity index (χ1) is 9.01. The topological polar surface area (TPSA) is 54.0 Å². The molecule has 0 saturated heterocycles. The minimum absolute atomic E-state index is 0.211. The maximum absolute atomic E-state index is 9.82. The third kappa shape index (κ3) is 12.3. The molecule has 6 heteroatoms. The summed E-state index contributed by atoms with van der Waals surface area (Å²) in [5.74, 6) is -0.211. The average Bonchev–Trinajstić information content (AvgIpc) is 2.31. The molecule has 0 rings (SSSR count). The van der Waals surface area contributed by atoms with Crippen LogP contribution in [0.3, 0.4) is 0 Å². The molecule has 5 nitrogen and oxygen atoms in total. The van der Waals surface area contributed by atoms with Crippen LogP contribution in [0.25, 0.3) is 0 Å². The minimum Gasteiger partial charge on any atom is -0.466 e. The molecule has 0 saturated carbocycles. The summed E-state index contributed by atoms with van der Waals surface area (Å²) in [5, 5.41) is 0. The molecule has 0 aromatic carbocycles. The summed E-state index contributed by atoms with van der Waals surface area (Å²) in [5.41, 5.74) is 0. The first-order valence-electron chi connectivity index (χ1n) is 7.06. The summed E-state index contributed by atoms with van der Waals surface area (Å²) in [4.78, 5) is 9.82. The smallest absolute Gasteiger partial charge is 0.466 e. The van der Waals surface area contributed by atoms with Crippen molar-refractivity contribution >= 4 is 14.8 Å². The molecule has 0 spiro atoms. The van der Waals surface area contributed by atoms with Gasteiger partial charge >= 0.3 is 14.8 Å². The molecule has 0 fully saturated rings. The normalized spacial score (nSPS) is 10.6. The second kappa shape index (κ2) is 14.0.